The van der Waals surface area contributed by atoms with Gasteiger partial charge in [0.2, 0.25) is 5.91 Å². The van der Waals surface area contributed by atoms with Crippen LogP contribution in [0.15, 0.2) is 42.5 Å². The van der Waals surface area contributed by atoms with E-state index < -0.39 is 56.4 Å². The van der Waals surface area contributed by atoms with E-state index in [1.807, 2.05) is 12.1 Å². The van der Waals surface area contributed by atoms with Gasteiger partial charge in [0, 0.05) is 64.4 Å². The summed E-state index contributed by atoms with van der Waals surface area (Å²) in [7, 11) is -1.48. The van der Waals surface area contributed by atoms with Crippen LogP contribution in [0.25, 0.3) is 0 Å². The summed E-state index contributed by atoms with van der Waals surface area (Å²) >= 11 is 6.53. The number of rotatable bonds is 10. The van der Waals surface area contributed by atoms with Crippen molar-refractivity contribution < 1.29 is 38.1 Å². The fraction of sp³-hybridized carbons (Fsp3) is 0.514. The first-order chi connectivity index (χ1) is 24.8. The van der Waals surface area contributed by atoms with Crippen molar-refractivity contribution >= 4 is 43.7 Å². The first kappa shape index (κ1) is 39.1. The lowest BCUT2D eigenvalue weighted by molar-refractivity contribution is -0.125. The number of benzene rings is 2. The molecule has 0 radical (unpaired) electrons. The molecule has 2 aromatic rings. The quantitative estimate of drug-likeness (QED) is 0.239. The Balaban J connectivity index is 1.19. The molecule has 4 amide bonds. The minimum absolute atomic E-state index is 0.0466. The third-order valence-corrected chi connectivity index (χ3v) is 11.4. The molecule has 3 N–H and O–H groups in total. The fourth-order valence-corrected chi connectivity index (χ4v) is 7.43. The van der Waals surface area contributed by atoms with Gasteiger partial charge in [0.15, 0.2) is 0 Å². The molecule has 3 fully saturated rings. The average Bonchev–Trinajstić information content (AvgIpc) is 3.70. The number of halogens is 2. The number of carbonyl (C=O) groups excluding carboxylic acids is 3. The molecular formula is C37H47ClFN5O7Si. The summed E-state index contributed by atoms with van der Waals surface area (Å²) in [5, 5.41) is 15.3. The van der Waals surface area contributed by atoms with Crippen LogP contribution in [0.2, 0.25) is 30.7 Å². The zero-order chi connectivity index (χ0) is 37.4. The molecule has 3 aliphatic rings. The molecule has 4 atom stereocenters. The molecule has 0 spiro atoms. The number of nitrogens with zero attached hydrogens (tertiary/aromatic N) is 3. The normalized spacial score (nSPS) is 22.0. The second kappa shape index (κ2) is 17.6. The van der Waals surface area contributed by atoms with Crippen LogP contribution in [0.4, 0.5) is 14.0 Å². The molecule has 2 aromatic carbocycles. The fourth-order valence-electron chi connectivity index (χ4n) is 6.45. The second-order valence-electron chi connectivity index (χ2n) is 14.7. The Kier molecular flexibility index (Phi) is 13.2. The summed E-state index contributed by atoms with van der Waals surface area (Å²) in [5.74, 6) is 5.17. The number of amides is 4. The molecular weight excluding hydrogens is 709 g/mol. The third kappa shape index (κ3) is 10.9. The van der Waals surface area contributed by atoms with E-state index in [0.29, 0.717) is 5.56 Å². The average molecular weight is 756 g/mol. The van der Waals surface area contributed by atoms with Crippen LogP contribution < -0.4 is 10.6 Å². The first-order valence-corrected chi connectivity index (χ1v) is 21.7. The summed E-state index contributed by atoms with van der Waals surface area (Å²) < 4.78 is 25.0. The molecule has 280 valence electrons. The van der Waals surface area contributed by atoms with Crippen LogP contribution in [0.3, 0.4) is 0 Å². The minimum Gasteiger partial charge on any atom is -0.465 e. The van der Waals surface area contributed by atoms with Crippen LogP contribution in [0, 0.1) is 11.8 Å². The van der Waals surface area contributed by atoms with Crippen molar-refractivity contribution in [2.45, 2.75) is 69.4 Å². The molecule has 15 heteroatoms. The Morgan fingerprint density at radius 3 is 2.37 bits per heavy atom. The van der Waals surface area contributed by atoms with E-state index in [0.717, 1.165) is 49.4 Å². The maximum Gasteiger partial charge on any atom is 0.410 e. The zero-order valence-electron chi connectivity index (χ0n) is 29.8. The van der Waals surface area contributed by atoms with E-state index in [1.54, 1.807) is 18.2 Å². The van der Waals surface area contributed by atoms with Gasteiger partial charge in [-0.15, -0.1) is 0 Å². The van der Waals surface area contributed by atoms with E-state index >= 15 is 0 Å². The Labute approximate surface area is 309 Å². The molecule has 3 saturated heterocycles. The number of carbonyl (C=O) groups is 4. The SMILES string of the molecule is C[Si](C)(C)CCOC(=O)N1C[C@H](NC(=O)[C@@H]2C[C@H](F)CN2C(=O)O)C[C@@H]1CNC(=O)c1ccc(C#Cc2ccc(CN3CCOCC3)cc2)cc1Cl. The van der Waals surface area contributed by atoms with Gasteiger partial charge in [-0.1, -0.05) is 55.2 Å². The lowest BCUT2D eigenvalue weighted by atomic mass is 10.1. The highest BCUT2D eigenvalue weighted by Crippen LogP contribution is 2.24. The van der Waals surface area contributed by atoms with E-state index in [1.165, 1.54) is 10.5 Å². The molecule has 0 unspecified atom stereocenters. The van der Waals surface area contributed by atoms with Gasteiger partial charge in [-0.05, 0) is 48.4 Å². The first-order valence-electron chi connectivity index (χ1n) is 17.6. The molecule has 0 bridgehead atoms. The maximum absolute atomic E-state index is 14.0. The molecule has 0 aliphatic carbocycles. The van der Waals surface area contributed by atoms with Gasteiger partial charge in [-0.2, -0.15) is 0 Å². The van der Waals surface area contributed by atoms with Crippen LogP contribution in [-0.4, -0.2) is 129 Å². The van der Waals surface area contributed by atoms with Gasteiger partial charge in [-0.3, -0.25) is 19.4 Å². The van der Waals surface area contributed by atoms with Gasteiger partial charge >= 0.3 is 12.2 Å². The molecule has 5 rings (SSSR count). The predicted molar refractivity (Wildman–Crippen MR) is 197 cm³/mol. The molecule has 0 aromatic heterocycles. The molecule has 3 aliphatic heterocycles. The van der Waals surface area contributed by atoms with Crippen molar-refractivity contribution in [2.75, 3.05) is 52.5 Å². The van der Waals surface area contributed by atoms with Crippen molar-refractivity contribution in [1.82, 2.24) is 25.3 Å². The van der Waals surface area contributed by atoms with Crippen molar-refractivity contribution in [1.29, 1.82) is 0 Å². The topological polar surface area (TPSA) is 141 Å². The third-order valence-electron chi connectivity index (χ3n) is 9.40. The second-order valence-corrected chi connectivity index (χ2v) is 20.7. The van der Waals surface area contributed by atoms with E-state index in [2.05, 4.69) is 59.1 Å². The number of hydrogen-bond donors (Lipinski definition) is 3. The Hall–Kier alpha value is -4.16. The summed E-state index contributed by atoms with van der Waals surface area (Å²) in [6.07, 6.45) is -3.35. The molecule has 3 heterocycles. The smallest absolute Gasteiger partial charge is 0.410 e. The van der Waals surface area contributed by atoms with Gasteiger partial charge in [0.05, 0.1) is 43.0 Å². The number of morpholine rings is 1. The number of carboxylic acid groups (broad SMARTS) is 1. The highest BCUT2D eigenvalue weighted by Gasteiger charge is 2.43. The van der Waals surface area contributed by atoms with Crippen molar-refractivity contribution in [3.05, 3.63) is 69.7 Å². The Bertz CT molecular complexity index is 1670. The highest BCUT2D eigenvalue weighted by molar-refractivity contribution is 6.76. The van der Waals surface area contributed by atoms with E-state index in [9.17, 15) is 28.7 Å². The maximum atomic E-state index is 14.0. The van der Waals surface area contributed by atoms with Crippen LogP contribution >= 0.6 is 11.6 Å². The highest BCUT2D eigenvalue weighted by atomic mass is 35.5. The number of likely N-dealkylation sites (tertiary alicyclic amines) is 2. The number of hydrogen-bond acceptors (Lipinski definition) is 7. The molecule has 0 saturated carbocycles. The molecule has 52 heavy (non-hydrogen) atoms. The number of ether oxygens (including phenoxy) is 2. The predicted octanol–water partition coefficient (Wildman–Crippen LogP) is 4.43. The monoisotopic (exact) mass is 755 g/mol. The number of nitrogens with one attached hydrogen (secondary N) is 2. The number of alkyl halides is 1. The largest absolute Gasteiger partial charge is 0.465 e. The van der Waals surface area contributed by atoms with Crippen LogP contribution in [-0.2, 0) is 20.8 Å². The van der Waals surface area contributed by atoms with Crippen LogP contribution in [0.5, 0.6) is 0 Å². The van der Waals surface area contributed by atoms with Gasteiger partial charge < -0.3 is 30.1 Å². The minimum atomic E-state index is -1.48. The van der Waals surface area contributed by atoms with Gasteiger partial charge in [-0.25, -0.2) is 14.0 Å². The van der Waals surface area contributed by atoms with Gasteiger partial charge in [0.25, 0.3) is 5.91 Å². The standard InChI is InChI=1S/C37H47ClFN5O7Si/c1-52(2,3)17-16-51-37(49)43-24-29(41-35(46)33-19-28(39)23-44(33)36(47)48)20-30(43)21-40-34(45)31-11-10-26(18-32(31)38)7-4-25-5-8-27(9-6-25)22-42-12-14-50-15-13-42/h5-6,8-11,18,28-30,33H,12-17,19-24H2,1-3H3,(H,40,45)(H,41,46)(H,47,48)/t28-,29+,30+,33-/m0/s1. The van der Waals surface area contributed by atoms with Crippen molar-refractivity contribution in [3.8, 4) is 11.8 Å². The Morgan fingerprint density at radius 1 is 1.00 bits per heavy atom. The van der Waals surface area contributed by atoms with Crippen molar-refractivity contribution in [3.63, 3.8) is 0 Å². The lowest BCUT2D eigenvalue weighted by Crippen LogP contribution is -2.49. The molecule has 12 nitrogen and oxygen atoms in total. The van der Waals surface area contributed by atoms with Gasteiger partial charge in [0.1, 0.15) is 12.2 Å². The zero-order valence-corrected chi connectivity index (χ0v) is 31.6. The summed E-state index contributed by atoms with van der Waals surface area (Å²) in [5.41, 5.74) is 2.94. The lowest BCUT2D eigenvalue weighted by Gasteiger charge is -2.26. The Morgan fingerprint density at radius 2 is 1.69 bits per heavy atom. The van der Waals surface area contributed by atoms with Crippen LogP contribution in [0.1, 0.15) is 39.9 Å². The van der Waals surface area contributed by atoms with Crippen molar-refractivity contribution in [2.24, 2.45) is 0 Å². The van der Waals surface area contributed by atoms with E-state index in [4.69, 9.17) is 21.1 Å². The summed E-state index contributed by atoms with van der Waals surface area (Å²) in [4.78, 5) is 55.7. The summed E-state index contributed by atoms with van der Waals surface area (Å²) in [6, 6.07) is 11.6. The summed E-state index contributed by atoms with van der Waals surface area (Å²) in [6.45, 7) is 10.7. The van der Waals surface area contributed by atoms with E-state index in [-0.39, 0.29) is 49.7 Å².